The molecule has 23 heavy (non-hydrogen) atoms. The van der Waals surface area contributed by atoms with Crippen LogP contribution in [0.2, 0.25) is 0 Å². The molecule has 3 heterocycles. The van der Waals surface area contributed by atoms with E-state index < -0.39 is 0 Å². The average Bonchev–Trinajstić information content (AvgIpc) is 2.87. The van der Waals surface area contributed by atoms with Gasteiger partial charge in [-0.2, -0.15) is 0 Å². The topological polar surface area (TPSA) is 80.5 Å². The van der Waals surface area contributed by atoms with Crippen molar-refractivity contribution in [3.63, 3.8) is 0 Å². The number of nitrogens with one attached hydrogen (secondary N) is 1. The summed E-state index contributed by atoms with van der Waals surface area (Å²) < 4.78 is 10.8. The molecule has 2 aromatic heterocycles. The highest BCUT2D eigenvalue weighted by Crippen LogP contribution is 2.16. The molecule has 3 rings (SSSR count). The Morgan fingerprint density at radius 3 is 2.87 bits per heavy atom. The van der Waals surface area contributed by atoms with Crippen molar-refractivity contribution in [2.45, 2.75) is 33.0 Å². The Hall–Kier alpha value is -1.99. The van der Waals surface area contributed by atoms with E-state index in [0.29, 0.717) is 17.8 Å². The molecular weight excluding hydrogens is 296 g/mol. The van der Waals surface area contributed by atoms with Gasteiger partial charge in [0.25, 0.3) is 11.6 Å². The summed E-state index contributed by atoms with van der Waals surface area (Å²) in [7, 11) is 0. The lowest BCUT2D eigenvalue weighted by Gasteiger charge is -2.35. The minimum Gasteiger partial charge on any atom is -0.373 e. The van der Waals surface area contributed by atoms with Gasteiger partial charge in [0.15, 0.2) is 0 Å². The summed E-state index contributed by atoms with van der Waals surface area (Å²) in [6.07, 6.45) is 1.98. The Kier molecular flexibility index (Phi) is 4.58. The first-order chi connectivity index (χ1) is 11.0. The molecule has 0 aromatic carbocycles. The molecule has 0 saturated carbocycles. The lowest BCUT2D eigenvalue weighted by molar-refractivity contribution is -0.0672. The van der Waals surface area contributed by atoms with Gasteiger partial charge in [0, 0.05) is 32.4 Å². The Bertz CT molecular complexity index is 690. The highest BCUT2D eigenvalue weighted by molar-refractivity contribution is 5.96. The number of morpholine rings is 1. The van der Waals surface area contributed by atoms with Crippen LogP contribution in [0, 0.1) is 6.92 Å². The smallest absolute Gasteiger partial charge is 0.257 e. The third-order valence-electron chi connectivity index (χ3n) is 3.98. The quantitative estimate of drug-likeness (QED) is 0.917. The van der Waals surface area contributed by atoms with Crippen molar-refractivity contribution in [2.24, 2.45) is 0 Å². The summed E-state index contributed by atoms with van der Waals surface area (Å²) in [6.45, 7) is 9.18. The fraction of sp³-hybridized carbons (Fsp3) is 0.562. The van der Waals surface area contributed by atoms with Crippen LogP contribution in [0.5, 0.6) is 0 Å². The van der Waals surface area contributed by atoms with Gasteiger partial charge in [-0.3, -0.25) is 9.69 Å². The van der Waals surface area contributed by atoms with Crippen molar-refractivity contribution in [1.82, 2.24) is 20.4 Å². The second-order valence-electron chi connectivity index (χ2n) is 6.12. The molecule has 0 aliphatic carbocycles. The van der Waals surface area contributed by atoms with Gasteiger partial charge >= 0.3 is 0 Å². The minimum atomic E-state index is -0.130. The van der Waals surface area contributed by atoms with Crippen molar-refractivity contribution in [3.8, 4) is 0 Å². The van der Waals surface area contributed by atoms with Crippen molar-refractivity contribution in [2.75, 3.05) is 26.2 Å². The highest BCUT2D eigenvalue weighted by Gasteiger charge is 2.21. The van der Waals surface area contributed by atoms with E-state index in [0.717, 1.165) is 30.7 Å². The van der Waals surface area contributed by atoms with Crippen LogP contribution in [0.25, 0.3) is 11.1 Å². The number of fused-ring (bicyclic) bond motifs is 1. The summed E-state index contributed by atoms with van der Waals surface area (Å²) in [5.41, 5.74) is 1.71. The van der Waals surface area contributed by atoms with Crippen LogP contribution in [-0.2, 0) is 4.74 Å². The number of aromatic nitrogens is 2. The van der Waals surface area contributed by atoms with Crippen LogP contribution in [0.1, 0.15) is 29.9 Å². The van der Waals surface area contributed by atoms with E-state index in [2.05, 4.69) is 34.2 Å². The van der Waals surface area contributed by atoms with E-state index in [-0.39, 0.29) is 18.1 Å². The zero-order valence-electron chi connectivity index (χ0n) is 13.7. The normalized spacial score (nSPS) is 22.4. The molecule has 0 radical (unpaired) electrons. The van der Waals surface area contributed by atoms with Gasteiger partial charge < -0.3 is 14.6 Å². The maximum Gasteiger partial charge on any atom is 0.257 e. The fourth-order valence-electron chi connectivity index (χ4n) is 2.97. The van der Waals surface area contributed by atoms with Crippen LogP contribution < -0.4 is 5.32 Å². The first kappa shape index (κ1) is 15.9. The number of hydrogen-bond acceptors (Lipinski definition) is 6. The van der Waals surface area contributed by atoms with Gasteiger partial charge in [0.1, 0.15) is 0 Å². The first-order valence-corrected chi connectivity index (χ1v) is 7.91. The second kappa shape index (κ2) is 6.64. The Morgan fingerprint density at radius 2 is 2.13 bits per heavy atom. The van der Waals surface area contributed by atoms with Gasteiger partial charge in [0.05, 0.1) is 28.9 Å². The molecule has 2 atom stereocenters. The number of nitrogens with zero attached hydrogens (tertiary/aromatic N) is 3. The monoisotopic (exact) mass is 318 g/mol. The Labute approximate surface area is 135 Å². The molecule has 0 spiro atoms. The van der Waals surface area contributed by atoms with Crippen molar-refractivity contribution in [3.05, 3.63) is 23.5 Å². The third-order valence-corrected chi connectivity index (χ3v) is 3.98. The zero-order valence-corrected chi connectivity index (χ0v) is 13.7. The second-order valence-corrected chi connectivity index (χ2v) is 6.12. The van der Waals surface area contributed by atoms with Crippen LogP contribution in [0.15, 0.2) is 16.8 Å². The van der Waals surface area contributed by atoms with Crippen molar-refractivity contribution in [1.29, 1.82) is 0 Å². The summed E-state index contributed by atoms with van der Waals surface area (Å²) in [4.78, 5) is 18.7. The molecule has 0 unspecified atom stereocenters. The number of ether oxygens (including phenoxy) is 1. The molecule has 0 bridgehead atoms. The van der Waals surface area contributed by atoms with Gasteiger partial charge in [-0.25, -0.2) is 4.98 Å². The maximum atomic E-state index is 12.2. The van der Waals surface area contributed by atoms with E-state index in [1.165, 1.54) is 6.20 Å². The SMILES string of the molecule is Cc1noc2ncc(C(=O)NCCN3C[C@@H](C)O[C@@H](C)C3)cc12. The number of amides is 1. The lowest BCUT2D eigenvalue weighted by Crippen LogP contribution is -2.47. The van der Waals surface area contributed by atoms with Gasteiger partial charge in [0.2, 0.25) is 0 Å². The van der Waals surface area contributed by atoms with E-state index in [4.69, 9.17) is 9.26 Å². The average molecular weight is 318 g/mol. The number of carbonyl (C=O) groups excluding carboxylic acids is 1. The fourth-order valence-corrected chi connectivity index (χ4v) is 2.97. The van der Waals surface area contributed by atoms with E-state index in [9.17, 15) is 4.79 Å². The first-order valence-electron chi connectivity index (χ1n) is 7.91. The molecular formula is C16H22N4O3. The molecule has 2 aromatic rings. The summed E-state index contributed by atoms with van der Waals surface area (Å²) >= 11 is 0. The highest BCUT2D eigenvalue weighted by atomic mass is 16.5. The van der Waals surface area contributed by atoms with Gasteiger partial charge in [-0.15, -0.1) is 0 Å². The van der Waals surface area contributed by atoms with E-state index in [1.807, 2.05) is 6.92 Å². The van der Waals surface area contributed by atoms with Crippen molar-refractivity contribution < 1.29 is 14.1 Å². The predicted molar refractivity (Wildman–Crippen MR) is 85.3 cm³/mol. The van der Waals surface area contributed by atoms with Crippen molar-refractivity contribution >= 4 is 17.0 Å². The molecule has 1 fully saturated rings. The molecule has 7 nitrogen and oxygen atoms in total. The van der Waals surface area contributed by atoms with Gasteiger partial charge in [-0.1, -0.05) is 5.16 Å². The lowest BCUT2D eigenvalue weighted by atomic mass is 10.2. The maximum absolute atomic E-state index is 12.2. The Morgan fingerprint density at radius 1 is 1.39 bits per heavy atom. The molecule has 1 aliphatic rings. The molecule has 124 valence electrons. The summed E-state index contributed by atoms with van der Waals surface area (Å²) in [5, 5.41) is 7.56. The van der Waals surface area contributed by atoms with Crippen LogP contribution in [-0.4, -0.2) is 59.3 Å². The number of carbonyl (C=O) groups is 1. The largest absolute Gasteiger partial charge is 0.373 e. The number of rotatable bonds is 4. The molecule has 1 saturated heterocycles. The molecule has 1 aliphatic heterocycles. The van der Waals surface area contributed by atoms with Crippen LogP contribution in [0.3, 0.4) is 0 Å². The van der Waals surface area contributed by atoms with Crippen LogP contribution >= 0.6 is 0 Å². The number of aryl methyl sites for hydroxylation is 1. The standard InChI is InChI=1S/C16H22N4O3/c1-10-8-20(9-11(2)22-10)5-4-17-15(21)13-6-14-12(3)19-23-16(14)18-7-13/h6-7,10-11H,4-5,8-9H2,1-3H3,(H,17,21)/t10-,11+. The minimum absolute atomic E-state index is 0.130. The zero-order chi connectivity index (χ0) is 16.4. The predicted octanol–water partition coefficient (Wildman–Crippen LogP) is 1.37. The third kappa shape index (κ3) is 3.68. The number of hydrogen-bond donors (Lipinski definition) is 1. The summed E-state index contributed by atoms with van der Waals surface area (Å²) in [6, 6.07) is 1.77. The van der Waals surface area contributed by atoms with Gasteiger partial charge in [-0.05, 0) is 26.8 Å². The molecule has 7 heteroatoms. The molecule has 1 amide bonds. The van der Waals surface area contributed by atoms with E-state index >= 15 is 0 Å². The number of pyridine rings is 1. The Balaban J connectivity index is 1.55. The molecule has 1 N–H and O–H groups in total. The van der Waals surface area contributed by atoms with E-state index in [1.54, 1.807) is 6.07 Å². The van der Waals surface area contributed by atoms with Crippen LogP contribution in [0.4, 0.5) is 0 Å². The summed E-state index contributed by atoms with van der Waals surface area (Å²) in [5.74, 6) is -0.130.